The van der Waals surface area contributed by atoms with Gasteiger partial charge < -0.3 is 9.64 Å². The van der Waals surface area contributed by atoms with Crippen molar-refractivity contribution in [1.82, 2.24) is 0 Å². The highest BCUT2D eigenvalue weighted by Crippen LogP contribution is 2.27. The molecule has 1 aliphatic rings. The van der Waals surface area contributed by atoms with E-state index in [1.54, 1.807) is 23.1 Å². The highest BCUT2D eigenvalue weighted by molar-refractivity contribution is 6.34. The van der Waals surface area contributed by atoms with Crippen LogP contribution in [0.1, 0.15) is 32.6 Å². The number of nitrogens with one attached hydrogen (secondary N) is 1. The van der Waals surface area contributed by atoms with Gasteiger partial charge in [0.05, 0.1) is 31.3 Å². The summed E-state index contributed by atoms with van der Waals surface area (Å²) >= 11 is 12.0. The Hall–Kier alpha value is -0.440. The molecular formula is C16H24Cl2NO+. The molecule has 0 amide bonds. The predicted octanol–water partition coefficient (Wildman–Crippen LogP) is 3.47. The average molecular weight is 317 g/mol. The van der Waals surface area contributed by atoms with Crippen molar-refractivity contribution in [1.29, 1.82) is 0 Å². The normalized spacial score (nSPS) is 22.8. The number of hydrogen-bond donors (Lipinski definition) is 1. The van der Waals surface area contributed by atoms with Crippen LogP contribution in [0.3, 0.4) is 0 Å². The van der Waals surface area contributed by atoms with E-state index in [1.807, 2.05) is 0 Å². The van der Waals surface area contributed by atoms with Crippen molar-refractivity contribution >= 4 is 23.2 Å². The first kappa shape index (κ1) is 15.9. The van der Waals surface area contributed by atoms with E-state index >= 15 is 0 Å². The lowest BCUT2D eigenvalue weighted by atomic mass is 9.99. The summed E-state index contributed by atoms with van der Waals surface area (Å²) in [6.45, 7) is 7.01. The van der Waals surface area contributed by atoms with Gasteiger partial charge in [-0.05, 0) is 43.7 Å². The lowest BCUT2D eigenvalue weighted by Gasteiger charge is -2.27. The van der Waals surface area contributed by atoms with Crippen molar-refractivity contribution in [2.75, 3.05) is 26.2 Å². The Morgan fingerprint density at radius 3 is 2.70 bits per heavy atom. The van der Waals surface area contributed by atoms with Crippen LogP contribution < -0.4 is 9.64 Å². The highest BCUT2D eigenvalue weighted by Gasteiger charge is 2.17. The van der Waals surface area contributed by atoms with Crippen LogP contribution in [-0.4, -0.2) is 26.2 Å². The first-order chi connectivity index (χ1) is 9.65. The van der Waals surface area contributed by atoms with Crippen LogP contribution in [0.15, 0.2) is 18.2 Å². The van der Waals surface area contributed by atoms with E-state index in [9.17, 15) is 0 Å². The fraction of sp³-hybridized carbons (Fsp3) is 0.625. The Balaban J connectivity index is 1.61. The third kappa shape index (κ3) is 5.16. The summed E-state index contributed by atoms with van der Waals surface area (Å²) in [5, 5.41) is 1.29. The van der Waals surface area contributed by atoms with Crippen LogP contribution in [0.25, 0.3) is 0 Å². The third-order valence-corrected chi connectivity index (χ3v) is 4.60. The fourth-order valence-corrected chi connectivity index (χ4v) is 3.00. The van der Waals surface area contributed by atoms with Gasteiger partial charge in [0.2, 0.25) is 0 Å². The van der Waals surface area contributed by atoms with Crippen LogP contribution in [0.5, 0.6) is 5.75 Å². The zero-order valence-corrected chi connectivity index (χ0v) is 13.6. The predicted molar refractivity (Wildman–Crippen MR) is 85.2 cm³/mol. The molecule has 0 unspecified atom stereocenters. The lowest BCUT2D eigenvalue weighted by molar-refractivity contribution is -0.906. The SMILES string of the molecule is CC1CC[NH+](CCCCOc2cc(Cl)ccc2Cl)CC1. The molecule has 0 radical (unpaired) electrons. The van der Waals surface area contributed by atoms with Gasteiger partial charge in [-0.2, -0.15) is 0 Å². The number of hydrogen-bond acceptors (Lipinski definition) is 1. The van der Waals surface area contributed by atoms with E-state index < -0.39 is 0 Å². The van der Waals surface area contributed by atoms with Gasteiger partial charge in [0.1, 0.15) is 5.75 Å². The molecule has 4 heteroatoms. The number of quaternary nitrogens is 1. The maximum atomic E-state index is 6.06. The Morgan fingerprint density at radius 2 is 1.95 bits per heavy atom. The molecule has 1 heterocycles. The number of rotatable bonds is 6. The molecule has 1 aliphatic heterocycles. The zero-order valence-electron chi connectivity index (χ0n) is 12.1. The first-order valence-electron chi connectivity index (χ1n) is 7.56. The highest BCUT2D eigenvalue weighted by atomic mass is 35.5. The number of halogens is 2. The minimum absolute atomic E-state index is 0.630. The largest absolute Gasteiger partial charge is 0.492 e. The molecule has 0 aliphatic carbocycles. The molecule has 0 atom stereocenters. The molecule has 1 fully saturated rings. The molecule has 1 aromatic rings. The standard InChI is InChI=1S/C16H23Cl2NO/c1-13-6-9-19(10-7-13)8-2-3-11-20-16-12-14(17)4-5-15(16)18/h4-5,12-13H,2-3,6-11H2,1H3/p+1. The number of piperidine rings is 1. The van der Waals surface area contributed by atoms with Gasteiger partial charge in [-0.15, -0.1) is 0 Å². The number of benzene rings is 1. The molecule has 1 N–H and O–H groups in total. The molecule has 0 bridgehead atoms. The number of ether oxygens (including phenoxy) is 1. The smallest absolute Gasteiger partial charge is 0.139 e. The molecule has 0 spiro atoms. The Bertz CT molecular complexity index is 417. The summed E-state index contributed by atoms with van der Waals surface area (Å²) in [5.74, 6) is 1.62. The molecule has 1 saturated heterocycles. The van der Waals surface area contributed by atoms with E-state index in [0.717, 1.165) is 12.3 Å². The fourth-order valence-electron chi connectivity index (χ4n) is 2.67. The maximum Gasteiger partial charge on any atom is 0.139 e. The van der Waals surface area contributed by atoms with Gasteiger partial charge in [0, 0.05) is 11.1 Å². The van der Waals surface area contributed by atoms with Crippen molar-refractivity contribution in [3.63, 3.8) is 0 Å². The van der Waals surface area contributed by atoms with Crippen molar-refractivity contribution in [3.8, 4) is 5.75 Å². The Morgan fingerprint density at radius 1 is 1.20 bits per heavy atom. The second-order valence-electron chi connectivity index (χ2n) is 5.81. The van der Waals surface area contributed by atoms with E-state index in [-0.39, 0.29) is 0 Å². The molecule has 112 valence electrons. The van der Waals surface area contributed by atoms with Gasteiger partial charge in [-0.3, -0.25) is 0 Å². The van der Waals surface area contributed by atoms with Crippen LogP contribution in [0.2, 0.25) is 10.0 Å². The summed E-state index contributed by atoms with van der Waals surface area (Å²) in [6, 6.07) is 5.33. The summed E-state index contributed by atoms with van der Waals surface area (Å²) < 4.78 is 5.70. The Labute approximate surface area is 132 Å². The Kier molecular flexibility index (Phi) is 6.47. The topological polar surface area (TPSA) is 13.7 Å². The minimum Gasteiger partial charge on any atom is -0.492 e. The van der Waals surface area contributed by atoms with E-state index in [1.165, 1.54) is 38.9 Å². The molecule has 20 heavy (non-hydrogen) atoms. The van der Waals surface area contributed by atoms with Crippen LogP contribution >= 0.6 is 23.2 Å². The number of unbranched alkanes of at least 4 members (excludes halogenated alkanes) is 1. The summed E-state index contributed by atoms with van der Waals surface area (Å²) in [6.07, 6.45) is 5.04. The zero-order chi connectivity index (χ0) is 14.4. The van der Waals surface area contributed by atoms with Crippen molar-refractivity contribution < 1.29 is 9.64 Å². The lowest BCUT2D eigenvalue weighted by Crippen LogP contribution is -3.13. The van der Waals surface area contributed by atoms with Gasteiger partial charge in [-0.1, -0.05) is 30.1 Å². The van der Waals surface area contributed by atoms with E-state index in [2.05, 4.69) is 6.92 Å². The molecule has 1 aromatic carbocycles. The third-order valence-electron chi connectivity index (χ3n) is 4.06. The molecule has 2 rings (SSSR count). The molecule has 2 nitrogen and oxygen atoms in total. The van der Waals surface area contributed by atoms with Crippen molar-refractivity contribution in [2.45, 2.75) is 32.6 Å². The second kappa shape index (κ2) is 8.11. The molecule has 0 saturated carbocycles. The van der Waals surface area contributed by atoms with Gasteiger partial charge in [-0.25, -0.2) is 0 Å². The molecular weight excluding hydrogens is 293 g/mol. The summed E-state index contributed by atoms with van der Waals surface area (Å²) in [7, 11) is 0. The monoisotopic (exact) mass is 316 g/mol. The average Bonchev–Trinajstić information content (AvgIpc) is 2.44. The van der Waals surface area contributed by atoms with Gasteiger partial charge in [0.25, 0.3) is 0 Å². The first-order valence-corrected chi connectivity index (χ1v) is 8.32. The maximum absolute atomic E-state index is 6.06. The minimum atomic E-state index is 0.630. The van der Waals surface area contributed by atoms with Crippen molar-refractivity contribution in [3.05, 3.63) is 28.2 Å². The van der Waals surface area contributed by atoms with Crippen molar-refractivity contribution in [2.24, 2.45) is 5.92 Å². The van der Waals surface area contributed by atoms with Gasteiger partial charge >= 0.3 is 0 Å². The van der Waals surface area contributed by atoms with Crippen LogP contribution in [0, 0.1) is 5.92 Å². The number of likely N-dealkylation sites (tertiary alicyclic amines) is 1. The summed E-state index contributed by atoms with van der Waals surface area (Å²) in [4.78, 5) is 1.75. The summed E-state index contributed by atoms with van der Waals surface area (Å²) in [5.41, 5.74) is 0. The van der Waals surface area contributed by atoms with E-state index in [4.69, 9.17) is 27.9 Å². The van der Waals surface area contributed by atoms with Crippen LogP contribution in [-0.2, 0) is 0 Å². The van der Waals surface area contributed by atoms with Gasteiger partial charge in [0.15, 0.2) is 0 Å². The quantitative estimate of drug-likeness (QED) is 0.793. The second-order valence-corrected chi connectivity index (χ2v) is 6.66. The van der Waals surface area contributed by atoms with Crippen LogP contribution in [0.4, 0.5) is 0 Å². The van der Waals surface area contributed by atoms with E-state index in [0.29, 0.717) is 22.4 Å². The molecule has 0 aromatic heterocycles.